The average Bonchev–Trinajstić information content (AvgIpc) is 2.58. The Balaban J connectivity index is 1.72. The number of hydrogen-bond acceptors (Lipinski definition) is 5. The number of piperidine rings is 2. The second kappa shape index (κ2) is 5.20. The molecule has 4 aliphatic heterocycles. The Morgan fingerprint density at radius 2 is 1.71 bits per heavy atom. The van der Waals surface area contributed by atoms with Gasteiger partial charge in [-0.3, -0.25) is 14.6 Å². The van der Waals surface area contributed by atoms with Crippen molar-refractivity contribution in [2.45, 2.75) is 26.4 Å². The van der Waals surface area contributed by atoms with E-state index in [1.54, 1.807) is 14.2 Å². The highest BCUT2D eigenvalue weighted by molar-refractivity contribution is 5.93. The van der Waals surface area contributed by atoms with E-state index < -0.39 is 0 Å². The number of Topliss-reactive ketones (excluding diaryl/α,β-unsaturated/α-hetero) is 1. The van der Waals surface area contributed by atoms with Crippen LogP contribution in [0.15, 0.2) is 18.2 Å². The van der Waals surface area contributed by atoms with Crippen molar-refractivity contribution in [2.75, 3.05) is 40.4 Å². The number of hydrogen-bond donors (Lipinski definition) is 0. The molecule has 0 aliphatic carbocycles. The first kappa shape index (κ1) is 15.9. The smallest absolute Gasteiger partial charge is 0.161 e. The third-order valence-corrected chi connectivity index (χ3v) is 6.22. The molecule has 0 N–H and O–H groups in total. The summed E-state index contributed by atoms with van der Waals surface area (Å²) in [5, 5.41) is 0. The Morgan fingerprint density at radius 1 is 1.08 bits per heavy atom. The molecule has 2 unspecified atom stereocenters. The quantitative estimate of drug-likeness (QED) is 0.847. The Bertz CT molecular complexity index is 671. The van der Waals surface area contributed by atoms with Crippen LogP contribution >= 0.6 is 0 Å². The molecule has 4 aliphatic rings. The number of ether oxygens (including phenoxy) is 2. The average molecular weight is 330 g/mol. The predicted octanol–water partition coefficient (Wildman–Crippen LogP) is 2.32. The maximum atomic E-state index is 13.0. The van der Waals surface area contributed by atoms with Crippen LogP contribution in [0.3, 0.4) is 0 Å². The number of carbonyl (C=O) groups is 1. The minimum Gasteiger partial charge on any atom is -0.493 e. The lowest BCUT2D eigenvalue weighted by atomic mass is 9.60. The number of ketones is 1. The van der Waals surface area contributed by atoms with Gasteiger partial charge in [-0.05, 0) is 24.1 Å². The molecule has 1 aromatic rings. The summed E-state index contributed by atoms with van der Waals surface area (Å²) in [5.41, 5.74) is 0.812. The van der Waals surface area contributed by atoms with Gasteiger partial charge >= 0.3 is 0 Å². The number of methoxy groups -OCH3 is 2. The van der Waals surface area contributed by atoms with Crippen molar-refractivity contribution in [3.63, 3.8) is 0 Å². The number of nitrogens with zero attached hydrogens (tertiary/aromatic N) is 2. The van der Waals surface area contributed by atoms with Crippen LogP contribution in [0.4, 0.5) is 0 Å². The van der Waals surface area contributed by atoms with Gasteiger partial charge in [0.1, 0.15) is 5.78 Å². The lowest BCUT2D eigenvalue weighted by Gasteiger charge is -2.65. The third kappa shape index (κ3) is 1.97. The van der Waals surface area contributed by atoms with E-state index in [1.165, 1.54) is 5.56 Å². The van der Waals surface area contributed by atoms with Gasteiger partial charge in [-0.15, -0.1) is 0 Å². The van der Waals surface area contributed by atoms with Gasteiger partial charge in [-0.25, -0.2) is 0 Å². The Kier molecular flexibility index (Phi) is 3.45. The largest absolute Gasteiger partial charge is 0.493 e. The summed E-state index contributed by atoms with van der Waals surface area (Å²) in [6, 6.07) is 6.18. The molecule has 24 heavy (non-hydrogen) atoms. The van der Waals surface area contributed by atoms with Crippen LogP contribution in [0.1, 0.15) is 32.0 Å². The van der Waals surface area contributed by atoms with Crippen molar-refractivity contribution in [1.82, 2.24) is 9.80 Å². The van der Waals surface area contributed by atoms with Crippen LogP contribution in [0.25, 0.3) is 0 Å². The fourth-order valence-electron chi connectivity index (χ4n) is 5.21. The van der Waals surface area contributed by atoms with Crippen LogP contribution in [0, 0.1) is 10.8 Å². The molecule has 4 bridgehead atoms. The van der Waals surface area contributed by atoms with Crippen molar-refractivity contribution >= 4 is 5.78 Å². The second-order valence-corrected chi connectivity index (χ2v) is 7.82. The highest BCUT2D eigenvalue weighted by Crippen LogP contribution is 2.53. The summed E-state index contributed by atoms with van der Waals surface area (Å²) in [7, 11) is 3.33. The predicted molar refractivity (Wildman–Crippen MR) is 91.3 cm³/mol. The molecule has 0 aromatic heterocycles. The molecule has 0 saturated carbocycles. The first-order valence-corrected chi connectivity index (χ1v) is 8.71. The molecule has 5 rings (SSSR count). The fraction of sp³-hybridized carbons (Fsp3) is 0.632. The SMILES string of the molecule is CCC12CN3CC(C)(CN(C1)C3c1ccc(OC)c(OC)c1)C2=O. The molecule has 0 amide bonds. The van der Waals surface area contributed by atoms with E-state index in [-0.39, 0.29) is 17.0 Å². The van der Waals surface area contributed by atoms with Crippen molar-refractivity contribution < 1.29 is 14.3 Å². The minimum atomic E-state index is -0.223. The molecular formula is C19H26N2O3. The Hall–Kier alpha value is -1.59. The van der Waals surface area contributed by atoms with E-state index in [9.17, 15) is 4.79 Å². The number of carbonyl (C=O) groups excluding carboxylic acids is 1. The normalized spacial score (nSPS) is 40.0. The molecule has 0 radical (unpaired) electrons. The first-order chi connectivity index (χ1) is 11.5. The lowest BCUT2D eigenvalue weighted by Crippen LogP contribution is -2.75. The van der Waals surface area contributed by atoms with E-state index in [4.69, 9.17) is 9.47 Å². The van der Waals surface area contributed by atoms with Gasteiger partial charge in [0.25, 0.3) is 0 Å². The minimum absolute atomic E-state index is 0.182. The molecule has 130 valence electrons. The molecule has 5 heteroatoms. The summed E-state index contributed by atoms with van der Waals surface area (Å²) in [6.45, 7) is 7.73. The van der Waals surface area contributed by atoms with E-state index in [2.05, 4.69) is 35.8 Å². The van der Waals surface area contributed by atoms with Crippen LogP contribution < -0.4 is 9.47 Å². The van der Waals surface area contributed by atoms with Gasteiger partial charge in [0.05, 0.1) is 31.2 Å². The van der Waals surface area contributed by atoms with Crippen LogP contribution in [0.2, 0.25) is 0 Å². The topological polar surface area (TPSA) is 42.0 Å². The number of benzene rings is 1. The van der Waals surface area contributed by atoms with E-state index in [0.717, 1.165) is 44.1 Å². The summed E-state index contributed by atoms with van der Waals surface area (Å²) in [6.07, 6.45) is 1.15. The Morgan fingerprint density at radius 3 is 2.25 bits per heavy atom. The molecule has 4 saturated heterocycles. The van der Waals surface area contributed by atoms with Crippen molar-refractivity contribution in [3.05, 3.63) is 23.8 Å². The zero-order chi connectivity index (χ0) is 17.1. The maximum absolute atomic E-state index is 13.0. The van der Waals surface area contributed by atoms with E-state index in [0.29, 0.717) is 5.78 Å². The molecule has 5 nitrogen and oxygen atoms in total. The van der Waals surface area contributed by atoms with Gasteiger partial charge < -0.3 is 9.47 Å². The van der Waals surface area contributed by atoms with Gasteiger partial charge in [-0.1, -0.05) is 19.9 Å². The van der Waals surface area contributed by atoms with Crippen LogP contribution in [-0.4, -0.2) is 56.0 Å². The third-order valence-electron chi connectivity index (χ3n) is 6.22. The van der Waals surface area contributed by atoms with Gasteiger partial charge in [0.2, 0.25) is 0 Å². The summed E-state index contributed by atoms with van der Waals surface area (Å²) >= 11 is 0. The van der Waals surface area contributed by atoms with Crippen LogP contribution in [-0.2, 0) is 4.79 Å². The zero-order valence-electron chi connectivity index (χ0n) is 15.0. The first-order valence-electron chi connectivity index (χ1n) is 8.71. The monoisotopic (exact) mass is 330 g/mol. The summed E-state index contributed by atoms with van der Waals surface area (Å²) in [5.74, 6) is 2.00. The second-order valence-electron chi connectivity index (χ2n) is 7.82. The molecule has 1 aromatic carbocycles. The fourth-order valence-corrected chi connectivity index (χ4v) is 5.21. The molecular weight excluding hydrogens is 304 g/mol. The van der Waals surface area contributed by atoms with Crippen molar-refractivity contribution in [3.8, 4) is 11.5 Å². The van der Waals surface area contributed by atoms with E-state index >= 15 is 0 Å². The molecule has 4 heterocycles. The van der Waals surface area contributed by atoms with Gasteiger partial charge in [-0.2, -0.15) is 0 Å². The van der Waals surface area contributed by atoms with E-state index in [1.807, 2.05) is 6.07 Å². The van der Waals surface area contributed by atoms with Crippen LogP contribution in [0.5, 0.6) is 11.5 Å². The van der Waals surface area contributed by atoms with Crippen molar-refractivity contribution in [1.29, 1.82) is 0 Å². The highest BCUT2D eigenvalue weighted by atomic mass is 16.5. The lowest BCUT2D eigenvalue weighted by molar-refractivity contribution is -0.200. The zero-order valence-corrected chi connectivity index (χ0v) is 15.0. The standard InChI is InChI=1S/C19H26N2O3/c1-5-19-11-20-9-18(2,17(19)22)10-21(12-19)16(20)13-6-7-14(23-3)15(8-13)24-4/h6-8,16H,5,9-12H2,1-4H3. The molecule has 0 spiro atoms. The molecule has 2 atom stereocenters. The summed E-state index contributed by atoms with van der Waals surface area (Å²) in [4.78, 5) is 18.0. The molecule has 4 fully saturated rings. The van der Waals surface area contributed by atoms with Crippen molar-refractivity contribution in [2.24, 2.45) is 10.8 Å². The maximum Gasteiger partial charge on any atom is 0.161 e. The van der Waals surface area contributed by atoms with Gasteiger partial charge in [0, 0.05) is 26.2 Å². The van der Waals surface area contributed by atoms with Gasteiger partial charge in [0.15, 0.2) is 11.5 Å². The summed E-state index contributed by atoms with van der Waals surface area (Å²) < 4.78 is 10.8. The number of rotatable bonds is 4. The highest BCUT2D eigenvalue weighted by Gasteiger charge is 2.63. The Labute approximate surface area is 143 Å².